The summed E-state index contributed by atoms with van der Waals surface area (Å²) in [5.41, 5.74) is 6.36. The summed E-state index contributed by atoms with van der Waals surface area (Å²) < 4.78 is 41.4. The largest absolute Gasteiger partial charge is 0.414 e. The van der Waals surface area contributed by atoms with E-state index in [4.69, 9.17) is 5.73 Å². The Labute approximate surface area is 108 Å². The minimum Gasteiger partial charge on any atom is -0.399 e. The number of ether oxygens (including phenoxy) is 1. The number of amides is 1. The number of anilines is 2. The topological polar surface area (TPSA) is 64.3 Å². The first-order chi connectivity index (χ1) is 8.70. The van der Waals surface area contributed by atoms with Crippen LogP contribution in [-0.2, 0) is 9.53 Å². The highest BCUT2D eigenvalue weighted by Crippen LogP contribution is 2.23. The molecule has 0 bridgehead atoms. The zero-order valence-electron chi connectivity index (χ0n) is 10.5. The molecule has 0 saturated carbocycles. The van der Waals surface area contributed by atoms with Gasteiger partial charge in [0.2, 0.25) is 0 Å². The lowest BCUT2D eigenvalue weighted by molar-refractivity contribution is -0.223. The van der Waals surface area contributed by atoms with Crippen molar-refractivity contribution in [2.45, 2.75) is 32.2 Å². The average Bonchev–Trinajstić information content (AvgIpc) is 2.27. The van der Waals surface area contributed by atoms with Crippen LogP contribution in [0.15, 0.2) is 24.3 Å². The van der Waals surface area contributed by atoms with Crippen molar-refractivity contribution in [3.8, 4) is 0 Å². The third-order valence-electron chi connectivity index (χ3n) is 2.39. The number of rotatable bonds is 4. The molecular formula is C12H15F3N2O2. The summed E-state index contributed by atoms with van der Waals surface area (Å²) in [6.07, 6.45) is -7.72. The van der Waals surface area contributed by atoms with Gasteiger partial charge in [-0.2, -0.15) is 13.2 Å². The standard InChI is InChI=1S/C12H15F3N2O2/c1-7(19-8(2)12(13,14)15)11(18)17-10-5-3-4-9(16)6-10/h3-8H,16H2,1-2H3,(H,17,18). The van der Waals surface area contributed by atoms with E-state index in [9.17, 15) is 18.0 Å². The van der Waals surface area contributed by atoms with Gasteiger partial charge in [0, 0.05) is 11.4 Å². The lowest BCUT2D eigenvalue weighted by atomic mass is 10.2. The summed E-state index contributed by atoms with van der Waals surface area (Å²) in [7, 11) is 0. The Morgan fingerprint density at radius 2 is 2.00 bits per heavy atom. The van der Waals surface area contributed by atoms with Gasteiger partial charge in [0.25, 0.3) is 5.91 Å². The lowest BCUT2D eigenvalue weighted by Gasteiger charge is -2.20. The molecule has 19 heavy (non-hydrogen) atoms. The van der Waals surface area contributed by atoms with Crippen LogP contribution in [0.2, 0.25) is 0 Å². The highest BCUT2D eigenvalue weighted by atomic mass is 19.4. The maximum Gasteiger partial charge on any atom is 0.414 e. The number of hydrogen-bond donors (Lipinski definition) is 2. The van der Waals surface area contributed by atoms with Gasteiger partial charge in [-0.05, 0) is 32.0 Å². The maximum absolute atomic E-state index is 12.3. The van der Waals surface area contributed by atoms with Gasteiger partial charge >= 0.3 is 6.18 Å². The van der Waals surface area contributed by atoms with Gasteiger partial charge in [-0.1, -0.05) is 6.07 Å². The van der Waals surface area contributed by atoms with Crippen LogP contribution in [0.4, 0.5) is 24.5 Å². The minimum absolute atomic E-state index is 0.403. The third-order valence-corrected chi connectivity index (χ3v) is 2.39. The van der Waals surface area contributed by atoms with Gasteiger partial charge < -0.3 is 15.8 Å². The Bertz CT molecular complexity index is 449. The fraction of sp³-hybridized carbons (Fsp3) is 0.417. The van der Waals surface area contributed by atoms with Gasteiger partial charge in [0.1, 0.15) is 6.10 Å². The van der Waals surface area contributed by atoms with Crippen LogP contribution in [0.3, 0.4) is 0 Å². The maximum atomic E-state index is 12.3. The second-order valence-electron chi connectivity index (χ2n) is 4.08. The monoisotopic (exact) mass is 276 g/mol. The van der Waals surface area contributed by atoms with Crippen LogP contribution in [0.5, 0.6) is 0 Å². The summed E-state index contributed by atoms with van der Waals surface area (Å²) in [4.78, 5) is 11.6. The van der Waals surface area contributed by atoms with Crippen molar-refractivity contribution in [3.63, 3.8) is 0 Å². The van der Waals surface area contributed by atoms with E-state index in [1.807, 2.05) is 0 Å². The SMILES string of the molecule is CC(OC(C)C(F)(F)F)C(=O)Nc1cccc(N)c1. The quantitative estimate of drug-likeness (QED) is 0.831. The molecule has 0 saturated heterocycles. The molecule has 0 spiro atoms. The summed E-state index contributed by atoms with van der Waals surface area (Å²) in [6, 6.07) is 6.32. The Morgan fingerprint density at radius 3 is 2.53 bits per heavy atom. The number of benzene rings is 1. The van der Waals surface area contributed by atoms with E-state index >= 15 is 0 Å². The summed E-state index contributed by atoms with van der Waals surface area (Å²) in [5, 5.41) is 2.43. The summed E-state index contributed by atoms with van der Waals surface area (Å²) in [5.74, 6) is -0.665. The molecule has 7 heteroatoms. The highest BCUT2D eigenvalue weighted by molar-refractivity contribution is 5.94. The molecule has 2 unspecified atom stereocenters. The van der Waals surface area contributed by atoms with E-state index in [1.165, 1.54) is 13.0 Å². The normalized spacial score (nSPS) is 14.8. The third kappa shape index (κ3) is 4.78. The first-order valence-electron chi connectivity index (χ1n) is 5.58. The summed E-state index contributed by atoms with van der Waals surface area (Å²) in [6.45, 7) is 2.11. The number of halogens is 3. The number of nitrogen functional groups attached to an aromatic ring is 1. The fourth-order valence-corrected chi connectivity index (χ4v) is 1.31. The van der Waals surface area contributed by atoms with Crippen LogP contribution < -0.4 is 11.1 Å². The van der Waals surface area contributed by atoms with Crippen LogP contribution in [0.25, 0.3) is 0 Å². The zero-order chi connectivity index (χ0) is 14.6. The van der Waals surface area contributed by atoms with Crippen LogP contribution in [-0.4, -0.2) is 24.3 Å². The highest BCUT2D eigenvalue weighted by Gasteiger charge is 2.38. The second kappa shape index (κ2) is 5.92. The number of carbonyl (C=O) groups excluding carboxylic acids is 1. The van der Waals surface area contributed by atoms with Crippen molar-refractivity contribution in [1.82, 2.24) is 0 Å². The molecule has 0 radical (unpaired) electrons. The predicted molar refractivity (Wildman–Crippen MR) is 65.5 cm³/mol. The Kier molecular flexibility index (Phi) is 4.77. The smallest absolute Gasteiger partial charge is 0.399 e. The molecule has 1 amide bonds. The molecule has 0 fully saturated rings. The van der Waals surface area contributed by atoms with Crippen LogP contribution >= 0.6 is 0 Å². The Hall–Kier alpha value is -1.76. The molecule has 0 aliphatic carbocycles. The van der Waals surface area contributed by atoms with Crippen molar-refractivity contribution in [1.29, 1.82) is 0 Å². The van der Waals surface area contributed by atoms with Gasteiger partial charge in [0.15, 0.2) is 6.10 Å². The van der Waals surface area contributed by atoms with Crippen molar-refractivity contribution < 1.29 is 22.7 Å². The van der Waals surface area contributed by atoms with Gasteiger partial charge in [0.05, 0.1) is 0 Å². The molecule has 0 aromatic heterocycles. The van der Waals surface area contributed by atoms with E-state index in [2.05, 4.69) is 10.1 Å². The Balaban J connectivity index is 2.58. The van der Waals surface area contributed by atoms with E-state index in [0.717, 1.165) is 6.92 Å². The van der Waals surface area contributed by atoms with Crippen LogP contribution in [0, 0.1) is 0 Å². The fourth-order valence-electron chi connectivity index (χ4n) is 1.31. The molecule has 1 aromatic carbocycles. The molecule has 106 valence electrons. The van der Waals surface area contributed by atoms with E-state index in [-0.39, 0.29) is 0 Å². The van der Waals surface area contributed by atoms with E-state index in [1.54, 1.807) is 18.2 Å². The van der Waals surface area contributed by atoms with Gasteiger partial charge in [-0.15, -0.1) is 0 Å². The van der Waals surface area contributed by atoms with Crippen molar-refractivity contribution in [2.75, 3.05) is 11.1 Å². The summed E-state index contributed by atoms with van der Waals surface area (Å²) >= 11 is 0. The molecule has 0 heterocycles. The van der Waals surface area contributed by atoms with Crippen molar-refractivity contribution in [2.24, 2.45) is 0 Å². The van der Waals surface area contributed by atoms with E-state index < -0.39 is 24.3 Å². The van der Waals surface area contributed by atoms with Gasteiger partial charge in [-0.3, -0.25) is 4.79 Å². The molecule has 1 aromatic rings. The van der Waals surface area contributed by atoms with Gasteiger partial charge in [-0.25, -0.2) is 0 Å². The van der Waals surface area contributed by atoms with Crippen molar-refractivity contribution in [3.05, 3.63) is 24.3 Å². The van der Waals surface area contributed by atoms with Crippen LogP contribution in [0.1, 0.15) is 13.8 Å². The molecule has 2 atom stereocenters. The first-order valence-corrected chi connectivity index (χ1v) is 5.58. The second-order valence-corrected chi connectivity index (χ2v) is 4.08. The first kappa shape index (κ1) is 15.3. The number of alkyl halides is 3. The molecule has 0 aliphatic rings. The lowest BCUT2D eigenvalue weighted by Crippen LogP contribution is -2.37. The molecule has 4 nitrogen and oxygen atoms in total. The molecule has 3 N–H and O–H groups in total. The number of carbonyl (C=O) groups is 1. The average molecular weight is 276 g/mol. The number of hydrogen-bond acceptors (Lipinski definition) is 3. The van der Waals surface area contributed by atoms with E-state index in [0.29, 0.717) is 11.4 Å². The predicted octanol–water partition coefficient (Wildman–Crippen LogP) is 2.56. The molecule has 1 rings (SSSR count). The minimum atomic E-state index is -4.49. The Morgan fingerprint density at radius 1 is 1.37 bits per heavy atom. The zero-order valence-corrected chi connectivity index (χ0v) is 10.5. The van der Waals surface area contributed by atoms with Crippen molar-refractivity contribution >= 4 is 17.3 Å². The molecular weight excluding hydrogens is 261 g/mol. The molecule has 0 aliphatic heterocycles. The number of nitrogens with two attached hydrogens (primary N) is 1. The number of nitrogens with one attached hydrogen (secondary N) is 1.